The second kappa shape index (κ2) is 8.54. The van der Waals surface area contributed by atoms with Crippen molar-refractivity contribution in [1.29, 1.82) is 0 Å². The number of carbonyl (C=O) groups excluding carboxylic acids is 1. The van der Waals surface area contributed by atoms with Crippen molar-refractivity contribution in [3.8, 4) is 5.75 Å². The van der Waals surface area contributed by atoms with Crippen LogP contribution in [0.15, 0.2) is 47.1 Å². The minimum absolute atomic E-state index is 0.0980. The molecule has 0 aliphatic carbocycles. The van der Waals surface area contributed by atoms with E-state index in [1.54, 1.807) is 24.9 Å². The van der Waals surface area contributed by atoms with E-state index in [0.717, 1.165) is 22.8 Å². The van der Waals surface area contributed by atoms with E-state index in [-0.39, 0.29) is 5.91 Å². The van der Waals surface area contributed by atoms with E-state index in [2.05, 4.69) is 5.32 Å². The number of nitrogens with one attached hydrogen (secondary N) is 1. The van der Waals surface area contributed by atoms with Crippen LogP contribution in [0.25, 0.3) is 0 Å². The lowest BCUT2D eigenvalue weighted by molar-refractivity contribution is -0.127. The first-order valence-electron chi connectivity index (χ1n) is 7.26. The highest BCUT2D eigenvalue weighted by Crippen LogP contribution is 2.14. The molecular formula is C17H21NO3S. The quantitative estimate of drug-likeness (QED) is 0.758. The van der Waals surface area contributed by atoms with Gasteiger partial charge in [0.05, 0.1) is 12.0 Å². The Morgan fingerprint density at radius 1 is 1.32 bits per heavy atom. The molecule has 2 rings (SSSR count). The summed E-state index contributed by atoms with van der Waals surface area (Å²) in [5, 5.41) is 2.88. The highest BCUT2D eigenvalue weighted by atomic mass is 32.2. The average Bonchev–Trinajstić information content (AvgIpc) is 3.02. The smallest absolute Gasteiger partial charge is 0.260 e. The molecular weight excluding hydrogens is 298 g/mol. The Morgan fingerprint density at radius 3 is 2.77 bits per heavy atom. The summed E-state index contributed by atoms with van der Waals surface area (Å²) in [6.45, 7) is 4.39. The maximum atomic E-state index is 11.9. The van der Waals surface area contributed by atoms with Gasteiger partial charge in [0.2, 0.25) is 0 Å². The highest BCUT2D eigenvalue weighted by Gasteiger charge is 2.13. The van der Waals surface area contributed by atoms with Crippen molar-refractivity contribution in [2.75, 3.05) is 12.3 Å². The van der Waals surface area contributed by atoms with Crippen molar-refractivity contribution in [2.45, 2.75) is 25.7 Å². The molecule has 118 valence electrons. The van der Waals surface area contributed by atoms with Gasteiger partial charge < -0.3 is 14.5 Å². The molecule has 0 aliphatic rings. The molecule has 1 atom stereocenters. The summed E-state index contributed by atoms with van der Waals surface area (Å²) in [7, 11) is 0. The van der Waals surface area contributed by atoms with Crippen LogP contribution in [0.3, 0.4) is 0 Å². The summed E-state index contributed by atoms with van der Waals surface area (Å²) in [5.41, 5.74) is 1.16. The first-order chi connectivity index (χ1) is 10.6. The standard InChI is InChI=1S/C17H21NO3S/c1-13-5-7-15(8-6-13)21-14(2)17(19)18-9-11-22-12-16-4-3-10-20-16/h3-8,10,14H,9,11-12H2,1-2H3,(H,18,19)/t14-/m1/s1. The zero-order valence-corrected chi connectivity index (χ0v) is 13.7. The van der Waals surface area contributed by atoms with Crippen LogP contribution < -0.4 is 10.1 Å². The summed E-state index contributed by atoms with van der Waals surface area (Å²) in [4.78, 5) is 11.9. The number of carbonyl (C=O) groups is 1. The van der Waals surface area contributed by atoms with E-state index < -0.39 is 6.10 Å². The average molecular weight is 319 g/mol. The third kappa shape index (κ3) is 5.48. The van der Waals surface area contributed by atoms with E-state index in [9.17, 15) is 4.79 Å². The van der Waals surface area contributed by atoms with Gasteiger partial charge in [-0.3, -0.25) is 4.79 Å². The predicted octanol–water partition coefficient (Wildman–Crippen LogP) is 3.40. The van der Waals surface area contributed by atoms with Crippen LogP contribution in [-0.2, 0) is 10.5 Å². The molecule has 4 nitrogen and oxygen atoms in total. The first-order valence-corrected chi connectivity index (χ1v) is 8.42. The monoisotopic (exact) mass is 319 g/mol. The number of aryl methyl sites for hydroxylation is 1. The molecule has 0 fully saturated rings. The normalized spacial score (nSPS) is 11.9. The molecule has 0 bridgehead atoms. The number of furan rings is 1. The fourth-order valence-electron chi connectivity index (χ4n) is 1.83. The number of ether oxygens (including phenoxy) is 1. The summed E-state index contributed by atoms with van der Waals surface area (Å²) < 4.78 is 10.9. The molecule has 1 aromatic heterocycles. The molecule has 0 radical (unpaired) electrons. The number of hydrogen-bond acceptors (Lipinski definition) is 4. The minimum atomic E-state index is -0.502. The van der Waals surface area contributed by atoms with Crippen molar-refractivity contribution in [3.05, 3.63) is 54.0 Å². The fraction of sp³-hybridized carbons (Fsp3) is 0.353. The number of thioether (sulfide) groups is 1. The minimum Gasteiger partial charge on any atom is -0.481 e. The summed E-state index contributed by atoms with van der Waals surface area (Å²) in [5.74, 6) is 3.22. The maximum Gasteiger partial charge on any atom is 0.260 e. The van der Waals surface area contributed by atoms with Crippen LogP contribution in [-0.4, -0.2) is 24.3 Å². The number of rotatable bonds is 8. The second-order valence-electron chi connectivity index (χ2n) is 5.00. The molecule has 1 aromatic carbocycles. The van der Waals surface area contributed by atoms with Crippen molar-refractivity contribution in [3.63, 3.8) is 0 Å². The van der Waals surface area contributed by atoms with Crippen LogP contribution in [0, 0.1) is 6.92 Å². The molecule has 2 aromatic rings. The lowest BCUT2D eigenvalue weighted by atomic mass is 10.2. The Labute approximate surface area is 135 Å². The summed E-state index contributed by atoms with van der Waals surface area (Å²) in [6, 6.07) is 11.5. The number of amides is 1. The van der Waals surface area contributed by atoms with Crippen molar-refractivity contribution < 1.29 is 13.9 Å². The van der Waals surface area contributed by atoms with Crippen LogP contribution in [0.2, 0.25) is 0 Å². The largest absolute Gasteiger partial charge is 0.481 e. The molecule has 5 heteroatoms. The molecule has 1 heterocycles. The summed E-state index contributed by atoms with van der Waals surface area (Å²) in [6.07, 6.45) is 1.17. The Hall–Kier alpha value is -1.88. The lowest BCUT2D eigenvalue weighted by Crippen LogP contribution is -2.37. The lowest BCUT2D eigenvalue weighted by Gasteiger charge is -2.14. The van der Waals surface area contributed by atoms with Crippen LogP contribution in [0.5, 0.6) is 5.75 Å². The van der Waals surface area contributed by atoms with E-state index >= 15 is 0 Å². The molecule has 22 heavy (non-hydrogen) atoms. The van der Waals surface area contributed by atoms with Gasteiger partial charge in [-0.05, 0) is 38.1 Å². The Bertz CT molecular complexity index is 566. The molecule has 0 aliphatic heterocycles. The Morgan fingerprint density at radius 2 is 2.09 bits per heavy atom. The molecule has 0 saturated heterocycles. The van der Waals surface area contributed by atoms with E-state index in [4.69, 9.17) is 9.15 Å². The zero-order chi connectivity index (χ0) is 15.8. The molecule has 0 saturated carbocycles. The van der Waals surface area contributed by atoms with Gasteiger partial charge >= 0.3 is 0 Å². The molecule has 1 amide bonds. The third-order valence-electron chi connectivity index (χ3n) is 3.07. The molecule has 0 unspecified atom stereocenters. The first kappa shape index (κ1) is 16.5. The summed E-state index contributed by atoms with van der Waals surface area (Å²) >= 11 is 1.72. The van der Waals surface area contributed by atoms with Crippen molar-refractivity contribution in [2.24, 2.45) is 0 Å². The highest BCUT2D eigenvalue weighted by molar-refractivity contribution is 7.98. The second-order valence-corrected chi connectivity index (χ2v) is 6.10. The maximum absolute atomic E-state index is 11.9. The SMILES string of the molecule is Cc1ccc(O[C@H](C)C(=O)NCCSCc2ccco2)cc1. The topological polar surface area (TPSA) is 51.5 Å². The molecule has 1 N–H and O–H groups in total. The van der Waals surface area contributed by atoms with Gasteiger partial charge in [0, 0.05) is 12.3 Å². The predicted molar refractivity (Wildman–Crippen MR) is 89.1 cm³/mol. The van der Waals surface area contributed by atoms with Gasteiger partial charge in [0.15, 0.2) is 6.10 Å². The molecule has 0 spiro atoms. The Balaban J connectivity index is 1.62. The number of hydrogen-bond donors (Lipinski definition) is 1. The van der Waals surface area contributed by atoms with Crippen molar-refractivity contribution in [1.82, 2.24) is 5.32 Å². The van der Waals surface area contributed by atoms with Crippen LogP contribution in [0.1, 0.15) is 18.2 Å². The fourth-order valence-corrected chi connectivity index (χ4v) is 2.59. The number of benzene rings is 1. The zero-order valence-electron chi connectivity index (χ0n) is 12.9. The van der Waals surface area contributed by atoms with Crippen LogP contribution >= 0.6 is 11.8 Å². The van der Waals surface area contributed by atoms with Gasteiger partial charge in [-0.1, -0.05) is 17.7 Å². The third-order valence-corrected chi connectivity index (χ3v) is 4.05. The van der Waals surface area contributed by atoms with E-state index in [1.165, 1.54) is 0 Å². The Kier molecular flexibility index (Phi) is 6.40. The van der Waals surface area contributed by atoms with Gasteiger partial charge in [-0.2, -0.15) is 11.8 Å². The van der Waals surface area contributed by atoms with Crippen LogP contribution in [0.4, 0.5) is 0 Å². The van der Waals surface area contributed by atoms with Gasteiger partial charge in [-0.25, -0.2) is 0 Å². The van der Waals surface area contributed by atoms with Gasteiger partial charge in [0.1, 0.15) is 11.5 Å². The van der Waals surface area contributed by atoms with Gasteiger partial charge in [-0.15, -0.1) is 0 Å². The van der Waals surface area contributed by atoms with E-state index in [0.29, 0.717) is 12.3 Å². The van der Waals surface area contributed by atoms with E-state index in [1.807, 2.05) is 43.3 Å². The van der Waals surface area contributed by atoms with Gasteiger partial charge in [0.25, 0.3) is 5.91 Å². The van der Waals surface area contributed by atoms with Crippen molar-refractivity contribution >= 4 is 17.7 Å².